The van der Waals surface area contributed by atoms with Gasteiger partial charge in [0, 0.05) is 12.8 Å². The summed E-state index contributed by atoms with van der Waals surface area (Å²) in [5.74, 6) is 0.915. The van der Waals surface area contributed by atoms with Gasteiger partial charge in [-0.1, -0.05) is 23.8 Å². The summed E-state index contributed by atoms with van der Waals surface area (Å²) >= 11 is 0. The summed E-state index contributed by atoms with van der Waals surface area (Å²) in [5.41, 5.74) is 4.01. The van der Waals surface area contributed by atoms with Crippen LogP contribution in [0.2, 0.25) is 0 Å². The third-order valence-corrected chi connectivity index (χ3v) is 3.12. The number of aryl methyl sites for hydroxylation is 2. The Morgan fingerprint density at radius 1 is 1.29 bits per heavy atom. The van der Waals surface area contributed by atoms with Crippen LogP contribution in [-0.4, -0.2) is 5.78 Å². The van der Waals surface area contributed by atoms with Crippen LogP contribution >= 0.6 is 0 Å². The first-order chi connectivity index (χ1) is 6.66. The lowest BCUT2D eigenvalue weighted by atomic mass is 9.92. The molecule has 1 aromatic carbocycles. The molecule has 0 amide bonds. The maximum Gasteiger partial charge on any atom is 0.133 e. The normalized spacial score (nSPS) is 21.6. The third kappa shape index (κ3) is 1.72. The van der Waals surface area contributed by atoms with Crippen molar-refractivity contribution in [2.75, 3.05) is 0 Å². The van der Waals surface area contributed by atoms with Gasteiger partial charge in [-0.05, 0) is 37.3 Å². The molecule has 0 radical (unpaired) electrons. The second-order valence-electron chi connectivity index (χ2n) is 4.34. The third-order valence-electron chi connectivity index (χ3n) is 3.12. The van der Waals surface area contributed by atoms with E-state index in [1.807, 2.05) is 0 Å². The smallest absolute Gasteiger partial charge is 0.133 e. The predicted molar refractivity (Wildman–Crippen MR) is 57.5 cm³/mol. The minimum atomic E-state index is 0.427. The van der Waals surface area contributed by atoms with E-state index in [1.54, 1.807) is 0 Å². The molecule has 74 valence electrons. The quantitative estimate of drug-likeness (QED) is 0.661. The molecule has 1 saturated carbocycles. The minimum absolute atomic E-state index is 0.427. The van der Waals surface area contributed by atoms with Gasteiger partial charge in [-0.15, -0.1) is 0 Å². The van der Waals surface area contributed by atoms with Gasteiger partial charge >= 0.3 is 0 Å². The number of hydrogen-bond acceptors (Lipinski definition) is 1. The summed E-state index contributed by atoms with van der Waals surface area (Å²) in [7, 11) is 0. The van der Waals surface area contributed by atoms with E-state index < -0.39 is 0 Å². The van der Waals surface area contributed by atoms with Gasteiger partial charge in [-0.2, -0.15) is 0 Å². The fourth-order valence-corrected chi connectivity index (χ4v) is 2.28. The Bertz CT molecular complexity index is 365. The molecule has 1 aliphatic rings. The molecule has 0 spiro atoms. The van der Waals surface area contributed by atoms with E-state index in [0.29, 0.717) is 11.7 Å². The minimum Gasteiger partial charge on any atom is -0.300 e. The molecule has 0 N–H and O–H groups in total. The lowest BCUT2D eigenvalue weighted by Crippen LogP contribution is -1.97. The second-order valence-corrected chi connectivity index (χ2v) is 4.34. The Labute approximate surface area is 85.1 Å². The molecule has 0 aliphatic heterocycles. The molecule has 0 aromatic heterocycles. The fourth-order valence-electron chi connectivity index (χ4n) is 2.28. The lowest BCUT2D eigenvalue weighted by Gasteiger charge is -2.12. The van der Waals surface area contributed by atoms with Crippen LogP contribution in [0, 0.1) is 13.8 Å². The highest BCUT2D eigenvalue weighted by Crippen LogP contribution is 2.34. The first-order valence-electron chi connectivity index (χ1n) is 5.25. The van der Waals surface area contributed by atoms with Crippen LogP contribution in [0.3, 0.4) is 0 Å². The Morgan fingerprint density at radius 3 is 2.71 bits per heavy atom. The molecule has 1 aromatic rings. The number of carbonyl (C=O) groups is 1. The van der Waals surface area contributed by atoms with Crippen molar-refractivity contribution in [3.63, 3.8) is 0 Å². The number of hydrogen-bond donors (Lipinski definition) is 0. The second kappa shape index (κ2) is 3.56. The van der Waals surface area contributed by atoms with E-state index in [1.165, 1.54) is 16.7 Å². The molecule has 0 bridgehead atoms. The van der Waals surface area contributed by atoms with E-state index in [2.05, 4.69) is 32.0 Å². The average molecular weight is 188 g/mol. The molecule has 0 heterocycles. The molecule has 1 nitrogen and oxygen atoms in total. The summed E-state index contributed by atoms with van der Waals surface area (Å²) < 4.78 is 0. The SMILES string of the molecule is Cc1ccc(C)c(C2CCC(=O)C2)c1. The lowest BCUT2D eigenvalue weighted by molar-refractivity contribution is -0.117. The number of ketones is 1. The van der Waals surface area contributed by atoms with E-state index in [0.717, 1.165) is 19.3 Å². The fraction of sp³-hybridized carbons (Fsp3) is 0.462. The summed E-state index contributed by atoms with van der Waals surface area (Å²) in [6.07, 6.45) is 2.57. The number of rotatable bonds is 1. The molecule has 0 saturated heterocycles. The maximum absolute atomic E-state index is 11.2. The number of Topliss-reactive ketones (excluding diaryl/α,β-unsaturated/α-hetero) is 1. The van der Waals surface area contributed by atoms with Crippen LogP contribution in [0.15, 0.2) is 18.2 Å². The van der Waals surface area contributed by atoms with Crippen LogP contribution in [0.4, 0.5) is 0 Å². The first kappa shape index (κ1) is 9.45. The zero-order chi connectivity index (χ0) is 10.1. The Balaban J connectivity index is 2.31. The first-order valence-corrected chi connectivity index (χ1v) is 5.25. The highest BCUT2D eigenvalue weighted by molar-refractivity contribution is 5.81. The van der Waals surface area contributed by atoms with E-state index in [9.17, 15) is 4.79 Å². The number of carbonyl (C=O) groups excluding carboxylic acids is 1. The largest absolute Gasteiger partial charge is 0.300 e. The maximum atomic E-state index is 11.2. The van der Waals surface area contributed by atoms with Crippen molar-refractivity contribution in [3.05, 3.63) is 34.9 Å². The van der Waals surface area contributed by atoms with Crippen LogP contribution in [-0.2, 0) is 4.79 Å². The van der Waals surface area contributed by atoms with Gasteiger partial charge in [0.15, 0.2) is 0 Å². The molecule has 1 aliphatic carbocycles. The van der Waals surface area contributed by atoms with Gasteiger partial charge in [0.05, 0.1) is 0 Å². The van der Waals surface area contributed by atoms with Crippen molar-refractivity contribution >= 4 is 5.78 Å². The standard InChI is InChI=1S/C13H16O/c1-9-3-4-10(2)13(7-9)11-5-6-12(14)8-11/h3-4,7,11H,5-6,8H2,1-2H3. The van der Waals surface area contributed by atoms with Crippen molar-refractivity contribution in [1.29, 1.82) is 0 Å². The molecule has 1 fully saturated rings. The summed E-state index contributed by atoms with van der Waals surface area (Å²) in [6.45, 7) is 4.25. The van der Waals surface area contributed by atoms with Gasteiger partial charge in [-0.25, -0.2) is 0 Å². The molecule has 2 rings (SSSR count). The number of benzene rings is 1. The van der Waals surface area contributed by atoms with E-state index in [4.69, 9.17) is 0 Å². The molecule has 1 heteroatoms. The average Bonchev–Trinajstić information content (AvgIpc) is 2.56. The Kier molecular flexibility index (Phi) is 2.40. The zero-order valence-electron chi connectivity index (χ0n) is 8.84. The van der Waals surface area contributed by atoms with Crippen LogP contribution in [0.25, 0.3) is 0 Å². The van der Waals surface area contributed by atoms with Gasteiger partial charge in [0.2, 0.25) is 0 Å². The van der Waals surface area contributed by atoms with Crippen molar-refractivity contribution in [2.24, 2.45) is 0 Å². The highest BCUT2D eigenvalue weighted by atomic mass is 16.1. The zero-order valence-corrected chi connectivity index (χ0v) is 8.84. The Hall–Kier alpha value is -1.11. The van der Waals surface area contributed by atoms with Crippen molar-refractivity contribution < 1.29 is 4.79 Å². The summed E-state index contributed by atoms with van der Waals surface area (Å²) in [5, 5.41) is 0. The van der Waals surface area contributed by atoms with Crippen molar-refractivity contribution in [3.8, 4) is 0 Å². The van der Waals surface area contributed by atoms with Crippen molar-refractivity contribution in [2.45, 2.75) is 39.0 Å². The monoisotopic (exact) mass is 188 g/mol. The van der Waals surface area contributed by atoms with Gasteiger partial charge in [0.1, 0.15) is 5.78 Å². The topological polar surface area (TPSA) is 17.1 Å². The summed E-state index contributed by atoms with van der Waals surface area (Å²) in [6, 6.07) is 6.53. The highest BCUT2D eigenvalue weighted by Gasteiger charge is 2.24. The molecule has 1 atom stereocenters. The molecule has 1 unspecified atom stereocenters. The molecular formula is C13H16O. The van der Waals surface area contributed by atoms with Crippen LogP contribution in [0.5, 0.6) is 0 Å². The predicted octanol–water partition coefficient (Wildman–Crippen LogP) is 3.14. The molecular weight excluding hydrogens is 172 g/mol. The van der Waals surface area contributed by atoms with Gasteiger partial charge < -0.3 is 0 Å². The van der Waals surface area contributed by atoms with Gasteiger partial charge in [-0.3, -0.25) is 4.79 Å². The van der Waals surface area contributed by atoms with Gasteiger partial charge in [0.25, 0.3) is 0 Å². The molecule has 14 heavy (non-hydrogen) atoms. The van der Waals surface area contributed by atoms with E-state index in [-0.39, 0.29) is 0 Å². The summed E-state index contributed by atoms with van der Waals surface area (Å²) in [4.78, 5) is 11.2. The van der Waals surface area contributed by atoms with E-state index >= 15 is 0 Å². The van der Waals surface area contributed by atoms with Crippen LogP contribution < -0.4 is 0 Å². The Morgan fingerprint density at radius 2 is 2.07 bits per heavy atom. The van der Waals surface area contributed by atoms with Crippen LogP contribution in [0.1, 0.15) is 41.9 Å². The van der Waals surface area contributed by atoms with Crippen molar-refractivity contribution in [1.82, 2.24) is 0 Å².